The lowest BCUT2D eigenvalue weighted by molar-refractivity contribution is 0.741. The van der Waals surface area contributed by atoms with Gasteiger partial charge in [0.2, 0.25) is 0 Å². The average Bonchev–Trinajstić information content (AvgIpc) is 2.67. The first-order valence-electron chi connectivity index (χ1n) is 4.15. The number of halogens is 2. The molecule has 0 saturated carbocycles. The molecule has 0 amide bonds. The second kappa shape index (κ2) is 4.12. The molecule has 0 fully saturated rings. The Kier molecular flexibility index (Phi) is 3.01. The molecule has 0 aliphatic heterocycles. The van der Waals surface area contributed by atoms with Gasteiger partial charge in [-0.25, -0.2) is 15.0 Å². The Hall–Kier alpha value is -0.570. The third-order valence-electron chi connectivity index (χ3n) is 1.68. The summed E-state index contributed by atoms with van der Waals surface area (Å²) in [6.07, 6.45) is 4.84. The molecule has 1 atom stereocenters. The zero-order valence-corrected chi connectivity index (χ0v) is 11.5. The smallest absolute Gasteiger partial charge is 0.220 e. The molecule has 78 valence electrons. The maximum absolute atomic E-state index is 4.18. The molecule has 0 aromatic carbocycles. The van der Waals surface area contributed by atoms with Crippen LogP contribution in [-0.4, -0.2) is 24.7 Å². The molecule has 0 aliphatic carbocycles. The monoisotopic (exact) mass is 379 g/mol. The lowest BCUT2D eigenvalue weighted by Gasteiger charge is -2.13. The first kappa shape index (κ1) is 10.9. The topological polar surface area (TPSA) is 56.5 Å². The second-order valence-electron chi connectivity index (χ2n) is 2.93. The molecule has 1 unspecified atom stereocenters. The minimum Gasteiger partial charge on any atom is -0.220 e. The summed E-state index contributed by atoms with van der Waals surface area (Å²) >= 11 is 5.75. The number of rotatable bonds is 2. The molecule has 5 nitrogen and oxygen atoms in total. The van der Waals surface area contributed by atoms with Gasteiger partial charge >= 0.3 is 0 Å². The van der Waals surface area contributed by atoms with Crippen LogP contribution in [-0.2, 0) is 2.33 Å². The Morgan fingerprint density at radius 2 is 2.00 bits per heavy atom. The molecule has 2 aromatic heterocycles. The fourth-order valence-electron chi connectivity index (χ4n) is 1.09. The van der Waals surface area contributed by atoms with E-state index >= 15 is 0 Å². The Balaban J connectivity index is 2.51. The fourth-order valence-corrected chi connectivity index (χ4v) is 1.73. The van der Waals surface area contributed by atoms with E-state index in [0.29, 0.717) is 5.95 Å². The van der Waals surface area contributed by atoms with Crippen molar-refractivity contribution in [3.05, 3.63) is 30.6 Å². The van der Waals surface area contributed by atoms with E-state index in [0.717, 1.165) is 5.82 Å². The van der Waals surface area contributed by atoms with Crippen molar-refractivity contribution in [1.29, 1.82) is 0 Å². The van der Waals surface area contributed by atoms with E-state index in [9.17, 15) is 0 Å². The van der Waals surface area contributed by atoms with Crippen LogP contribution in [0.3, 0.4) is 0 Å². The van der Waals surface area contributed by atoms with Crippen LogP contribution in [0.15, 0.2) is 24.8 Å². The van der Waals surface area contributed by atoms with Crippen molar-refractivity contribution in [2.45, 2.75) is 9.25 Å². The summed E-state index contributed by atoms with van der Waals surface area (Å²) in [6.45, 7) is 1.98. The highest BCUT2D eigenvalue weighted by molar-refractivity contribution is 14.1. The first-order chi connectivity index (χ1) is 7.09. The Bertz CT molecular complexity index is 450. The molecule has 0 spiro atoms. The summed E-state index contributed by atoms with van der Waals surface area (Å²) in [5, 5.41) is 4.10. The molecular weight excluding hydrogens is 373 g/mol. The van der Waals surface area contributed by atoms with Crippen molar-refractivity contribution in [2.24, 2.45) is 0 Å². The summed E-state index contributed by atoms with van der Waals surface area (Å²) in [5.41, 5.74) is 0. The van der Waals surface area contributed by atoms with Crippen LogP contribution in [0.1, 0.15) is 12.7 Å². The molecule has 2 heterocycles. The van der Waals surface area contributed by atoms with E-state index in [4.69, 9.17) is 0 Å². The molecule has 0 saturated heterocycles. The van der Waals surface area contributed by atoms with Gasteiger partial charge in [0.1, 0.15) is 8.66 Å². The van der Waals surface area contributed by atoms with Crippen LogP contribution in [0, 0.1) is 0 Å². The highest BCUT2D eigenvalue weighted by Crippen LogP contribution is 2.36. The van der Waals surface area contributed by atoms with Crippen LogP contribution in [0.5, 0.6) is 0 Å². The quantitative estimate of drug-likeness (QED) is 0.592. The Labute approximate surface area is 109 Å². The van der Waals surface area contributed by atoms with E-state index in [-0.39, 0.29) is 2.33 Å². The minimum atomic E-state index is -0.291. The number of nitrogens with zero attached hydrogens (tertiary/aromatic N) is 5. The highest BCUT2D eigenvalue weighted by atomic mass is 127. The lowest BCUT2D eigenvalue weighted by Crippen LogP contribution is -2.14. The molecule has 15 heavy (non-hydrogen) atoms. The molecule has 0 bridgehead atoms. The second-order valence-corrected chi connectivity index (χ2v) is 8.16. The van der Waals surface area contributed by atoms with Gasteiger partial charge in [0.05, 0.1) is 0 Å². The molecule has 7 heteroatoms. The summed E-state index contributed by atoms with van der Waals surface area (Å²) in [4.78, 5) is 12.4. The van der Waals surface area contributed by atoms with Crippen molar-refractivity contribution in [2.75, 3.05) is 0 Å². The van der Waals surface area contributed by atoms with Crippen molar-refractivity contribution < 1.29 is 0 Å². The molecule has 2 aromatic rings. The van der Waals surface area contributed by atoms with Gasteiger partial charge in [-0.15, -0.1) is 0 Å². The van der Waals surface area contributed by atoms with Gasteiger partial charge in [-0.3, -0.25) is 0 Å². The number of alkyl halides is 2. The first-order valence-corrected chi connectivity index (χ1v) is 6.02. The van der Waals surface area contributed by atoms with Gasteiger partial charge in [-0.05, 0) is 13.0 Å². The fraction of sp³-hybridized carbons (Fsp3) is 0.250. The average molecular weight is 380 g/mol. The van der Waals surface area contributed by atoms with Crippen molar-refractivity contribution in [3.63, 3.8) is 0 Å². The van der Waals surface area contributed by atoms with Gasteiger partial charge in [-0.1, -0.05) is 38.5 Å². The van der Waals surface area contributed by atoms with Crippen molar-refractivity contribution in [3.8, 4) is 5.95 Å². The van der Waals surface area contributed by atoms with Gasteiger partial charge in [-0.2, -0.15) is 9.78 Å². The zero-order chi connectivity index (χ0) is 10.9. The molecular formula is C8H7BrIN5. The predicted octanol–water partition coefficient (Wildman–Crippen LogP) is 2.06. The van der Waals surface area contributed by atoms with Crippen molar-refractivity contribution in [1.82, 2.24) is 24.7 Å². The van der Waals surface area contributed by atoms with Crippen LogP contribution in [0.4, 0.5) is 0 Å². The zero-order valence-electron chi connectivity index (χ0n) is 7.80. The largest absolute Gasteiger partial charge is 0.252 e. The third-order valence-corrected chi connectivity index (χ3v) is 2.52. The van der Waals surface area contributed by atoms with Gasteiger partial charge < -0.3 is 0 Å². The van der Waals surface area contributed by atoms with Gasteiger partial charge in [0, 0.05) is 12.4 Å². The van der Waals surface area contributed by atoms with Crippen LogP contribution < -0.4 is 0 Å². The Morgan fingerprint density at radius 1 is 1.33 bits per heavy atom. The maximum atomic E-state index is 4.18. The predicted molar refractivity (Wildman–Crippen MR) is 67.2 cm³/mol. The number of hydrogen-bond donors (Lipinski definition) is 0. The van der Waals surface area contributed by atoms with E-state index in [1.54, 1.807) is 23.1 Å². The highest BCUT2D eigenvalue weighted by Gasteiger charge is 2.26. The third kappa shape index (κ3) is 2.33. The van der Waals surface area contributed by atoms with Crippen LogP contribution in [0.2, 0.25) is 0 Å². The normalized spacial score (nSPS) is 14.9. The van der Waals surface area contributed by atoms with Crippen molar-refractivity contribution >= 4 is 38.5 Å². The summed E-state index contributed by atoms with van der Waals surface area (Å²) in [5.74, 6) is 1.28. The summed E-state index contributed by atoms with van der Waals surface area (Å²) in [7, 11) is 0. The van der Waals surface area contributed by atoms with Gasteiger partial charge in [0.15, 0.2) is 5.82 Å². The SMILES string of the molecule is CC(Br)(I)c1ncnn1-c1ncccn1. The standard InChI is InChI=1S/C8H7BrIN5/c1-8(9,10)6-13-5-14-15(6)7-11-3-2-4-12-7/h2-5H,1H3. The van der Waals surface area contributed by atoms with E-state index in [1.165, 1.54) is 6.33 Å². The van der Waals surface area contributed by atoms with E-state index in [2.05, 4.69) is 58.6 Å². The van der Waals surface area contributed by atoms with E-state index in [1.807, 2.05) is 6.92 Å². The van der Waals surface area contributed by atoms with Gasteiger partial charge in [0.25, 0.3) is 5.95 Å². The molecule has 0 radical (unpaired) electrons. The van der Waals surface area contributed by atoms with Crippen LogP contribution >= 0.6 is 38.5 Å². The lowest BCUT2D eigenvalue weighted by atomic mass is 10.4. The van der Waals surface area contributed by atoms with Crippen LogP contribution in [0.25, 0.3) is 5.95 Å². The molecule has 0 aliphatic rings. The number of hydrogen-bond acceptors (Lipinski definition) is 4. The summed E-state index contributed by atoms with van der Waals surface area (Å²) < 4.78 is 1.32. The molecule has 2 rings (SSSR count). The maximum Gasteiger partial charge on any atom is 0.252 e. The minimum absolute atomic E-state index is 0.291. The Morgan fingerprint density at radius 3 is 2.60 bits per heavy atom. The number of aromatic nitrogens is 5. The van der Waals surface area contributed by atoms with E-state index < -0.39 is 0 Å². The summed E-state index contributed by atoms with van der Waals surface area (Å²) in [6, 6.07) is 1.76. The molecule has 0 N–H and O–H groups in total.